The summed E-state index contributed by atoms with van der Waals surface area (Å²) >= 11 is 1.24. The summed E-state index contributed by atoms with van der Waals surface area (Å²) in [5.74, 6) is 1.00. The summed E-state index contributed by atoms with van der Waals surface area (Å²) in [7, 11) is 0. The summed E-state index contributed by atoms with van der Waals surface area (Å²) in [6, 6.07) is 0. The SMILES string of the molecule is NCCc1noc(-c2csnn2)n1. The molecule has 0 aliphatic rings. The van der Waals surface area contributed by atoms with Gasteiger partial charge in [-0.2, -0.15) is 4.98 Å². The van der Waals surface area contributed by atoms with Gasteiger partial charge in [0.05, 0.1) is 0 Å². The van der Waals surface area contributed by atoms with E-state index in [1.165, 1.54) is 11.5 Å². The Balaban J connectivity index is 2.23. The van der Waals surface area contributed by atoms with Crippen LogP contribution in [-0.2, 0) is 6.42 Å². The average Bonchev–Trinajstić information content (AvgIpc) is 2.70. The van der Waals surface area contributed by atoms with Crippen LogP contribution in [0.4, 0.5) is 0 Å². The van der Waals surface area contributed by atoms with Gasteiger partial charge in [0.25, 0.3) is 5.89 Å². The minimum atomic E-state index is 0.400. The summed E-state index contributed by atoms with van der Waals surface area (Å²) in [6.45, 7) is 0.508. The number of rotatable bonds is 3. The third-order valence-electron chi connectivity index (χ3n) is 1.42. The molecule has 2 aromatic heterocycles. The molecule has 0 atom stereocenters. The standard InChI is InChI=1S/C6H7N5OS/c7-2-1-5-8-6(12-10-5)4-3-13-11-9-4/h3H,1-2,7H2. The molecule has 68 valence electrons. The Kier molecular flexibility index (Phi) is 2.28. The van der Waals surface area contributed by atoms with Crippen LogP contribution >= 0.6 is 11.5 Å². The molecule has 2 rings (SSSR count). The van der Waals surface area contributed by atoms with E-state index in [1.54, 1.807) is 5.38 Å². The zero-order chi connectivity index (χ0) is 9.10. The van der Waals surface area contributed by atoms with E-state index >= 15 is 0 Å². The molecule has 6 nitrogen and oxygen atoms in total. The largest absolute Gasteiger partial charge is 0.332 e. The molecule has 0 aromatic carbocycles. The first-order valence-electron chi connectivity index (χ1n) is 3.70. The summed E-state index contributed by atoms with van der Waals surface area (Å²) in [5, 5.41) is 9.28. The van der Waals surface area contributed by atoms with Crippen LogP contribution in [0.25, 0.3) is 11.6 Å². The summed E-state index contributed by atoms with van der Waals surface area (Å²) < 4.78 is 8.64. The Hall–Kier alpha value is -1.34. The fourth-order valence-corrected chi connectivity index (χ4v) is 1.28. The molecule has 7 heteroatoms. The molecule has 0 saturated carbocycles. The van der Waals surface area contributed by atoms with Crippen molar-refractivity contribution in [3.63, 3.8) is 0 Å². The Morgan fingerprint density at radius 2 is 2.46 bits per heavy atom. The molecule has 0 bridgehead atoms. The highest BCUT2D eigenvalue weighted by atomic mass is 32.1. The number of nitrogens with two attached hydrogens (primary N) is 1. The fourth-order valence-electron chi connectivity index (χ4n) is 0.846. The monoisotopic (exact) mass is 197 g/mol. The highest BCUT2D eigenvalue weighted by Gasteiger charge is 2.09. The Morgan fingerprint density at radius 1 is 1.54 bits per heavy atom. The van der Waals surface area contributed by atoms with Crippen molar-refractivity contribution < 1.29 is 4.52 Å². The minimum absolute atomic E-state index is 0.400. The number of hydrogen-bond acceptors (Lipinski definition) is 7. The number of nitrogens with zero attached hydrogens (tertiary/aromatic N) is 4. The lowest BCUT2D eigenvalue weighted by atomic mass is 10.4. The number of hydrogen-bond donors (Lipinski definition) is 1. The minimum Gasteiger partial charge on any atom is -0.332 e. The van der Waals surface area contributed by atoms with Gasteiger partial charge >= 0.3 is 0 Å². The normalized spacial score (nSPS) is 10.5. The maximum Gasteiger partial charge on any atom is 0.279 e. The second-order valence-corrected chi connectivity index (χ2v) is 2.95. The average molecular weight is 197 g/mol. The molecule has 0 saturated heterocycles. The van der Waals surface area contributed by atoms with Crippen LogP contribution < -0.4 is 5.73 Å². The molecule has 13 heavy (non-hydrogen) atoms. The predicted molar refractivity (Wildman–Crippen MR) is 46.0 cm³/mol. The van der Waals surface area contributed by atoms with E-state index in [9.17, 15) is 0 Å². The first-order chi connectivity index (χ1) is 6.40. The molecule has 2 N–H and O–H groups in total. The second kappa shape index (κ2) is 3.58. The van der Waals surface area contributed by atoms with Gasteiger partial charge in [0.2, 0.25) is 0 Å². The molecule has 0 spiro atoms. The van der Waals surface area contributed by atoms with Gasteiger partial charge in [-0.15, -0.1) is 5.10 Å². The van der Waals surface area contributed by atoms with Crippen molar-refractivity contribution in [2.75, 3.05) is 6.54 Å². The maximum atomic E-state index is 5.34. The quantitative estimate of drug-likeness (QED) is 0.749. The van der Waals surface area contributed by atoms with Crippen LogP contribution in [0.15, 0.2) is 9.90 Å². The highest BCUT2D eigenvalue weighted by Crippen LogP contribution is 2.14. The zero-order valence-electron chi connectivity index (χ0n) is 6.67. The van der Waals surface area contributed by atoms with Crippen LogP contribution in [0.2, 0.25) is 0 Å². The lowest BCUT2D eigenvalue weighted by Crippen LogP contribution is -2.03. The summed E-state index contributed by atoms with van der Waals surface area (Å²) in [6.07, 6.45) is 0.612. The van der Waals surface area contributed by atoms with Crippen LogP contribution in [0, 0.1) is 0 Å². The van der Waals surface area contributed by atoms with Gasteiger partial charge in [0, 0.05) is 11.8 Å². The van der Waals surface area contributed by atoms with E-state index < -0.39 is 0 Å². The van der Waals surface area contributed by atoms with Crippen molar-refractivity contribution in [1.82, 2.24) is 19.7 Å². The van der Waals surface area contributed by atoms with Crippen molar-refractivity contribution >= 4 is 11.5 Å². The first kappa shape index (κ1) is 8.27. The highest BCUT2D eigenvalue weighted by molar-refractivity contribution is 7.03. The molecular formula is C6H7N5OS. The predicted octanol–water partition coefficient (Wildman–Crippen LogP) is 0.0893. The lowest BCUT2D eigenvalue weighted by Gasteiger charge is -1.83. The molecule has 0 fully saturated rings. The first-order valence-corrected chi connectivity index (χ1v) is 4.54. The molecular weight excluding hydrogens is 190 g/mol. The van der Waals surface area contributed by atoms with Gasteiger partial charge in [-0.1, -0.05) is 9.64 Å². The van der Waals surface area contributed by atoms with E-state index in [4.69, 9.17) is 10.3 Å². The smallest absolute Gasteiger partial charge is 0.279 e. The van der Waals surface area contributed by atoms with Crippen LogP contribution in [0.3, 0.4) is 0 Å². The van der Waals surface area contributed by atoms with Crippen LogP contribution in [-0.4, -0.2) is 26.3 Å². The molecule has 2 aromatic rings. The van der Waals surface area contributed by atoms with Gasteiger partial charge in [-0.3, -0.25) is 0 Å². The molecule has 0 aliphatic heterocycles. The molecule has 0 amide bonds. The second-order valence-electron chi connectivity index (χ2n) is 2.34. The lowest BCUT2D eigenvalue weighted by molar-refractivity contribution is 0.421. The number of aromatic nitrogens is 4. The Labute approximate surface area is 77.9 Å². The van der Waals surface area contributed by atoms with E-state index in [0.29, 0.717) is 30.4 Å². The summed E-state index contributed by atoms with van der Waals surface area (Å²) in [5.41, 5.74) is 5.95. The zero-order valence-corrected chi connectivity index (χ0v) is 7.49. The van der Waals surface area contributed by atoms with Gasteiger partial charge in [0.15, 0.2) is 11.5 Å². The van der Waals surface area contributed by atoms with E-state index in [2.05, 4.69) is 19.7 Å². The van der Waals surface area contributed by atoms with Crippen molar-refractivity contribution in [2.45, 2.75) is 6.42 Å². The van der Waals surface area contributed by atoms with Crippen molar-refractivity contribution in [3.8, 4) is 11.6 Å². The van der Waals surface area contributed by atoms with Gasteiger partial charge in [-0.25, -0.2) is 0 Å². The van der Waals surface area contributed by atoms with Gasteiger partial charge in [0.1, 0.15) is 0 Å². The Bertz CT molecular complexity index is 370. The topological polar surface area (TPSA) is 90.7 Å². The van der Waals surface area contributed by atoms with E-state index in [-0.39, 0.29) is 0 Å². The molecule has 2 heterocycles. The van der Waals surface area contributed by atoms with Crippen LogP contribution in [0.5, 0.6) is 0 Å². The van der Waals surface area contributed by atoms with Gasteiger partial charge in [-0.05, 0) is 18.1 Å². The van der Waals surface area contributed by atoms with Gasteiger partial charge < -0.3 is 10.3 Å². The van der Waals surface area contributed by atoms with E-state index in [0.717, 1.165) is 0 Å². The van der Waals surface area contributed by atoms with Crippen molar-refractivity contribution in [2.24, 2.45) is 5.73 Å². The fraction of sp³-hybridized carbons (Fsp3) is 0.333. The van der Waals surface area contributed by atoms with Crippen molar-refractivity contribution in [1.29, 1.82) is 0 Å². The molecule has 0 unspecified atom stereocenters. The third-order valence-corrected chi connectivity index (χ3v) is 1.92. The molecule has 0 radical (unpaired) electrons. The third kappa shape index (κ3) is 1.70. The van der Waals surface area contributed by atoms with Crippen molar-refractivity contribution in [3.05, 3.63) is 11.2 Å². The summed E-state index contributed by atoms with van der Waals surface area (Å²) in [4.78, 5) is 4.09. The van der Waals surface area contributed by atoms with E-state index in [1.807, 2.05) is 0 Å². The molecule has 0 aliphatic carbocycles. The van der Waals surface area contributed by atoms with Crippen LogP contribution in [0.1, 0.15) is 5.82 Å². The maximum absolute atomic E-state index is 5.34. The Morgan fingerprint density at radius 3 is 3.15 bits per heavy atom.